The zero-order chi connectivity index (χ0) is 17.4. The molecule has 0 spiro atoms. The molecule has 5 heteroatoms. The van der Waals surface area contributed by atoms with Gasteiger partial charge in [-0.25, -0.2) is 0 Å². The SMILES string of the molecule is COc1cccc(NC(=O)C2=Cc3sc4c(c3CS2)CC[C@@H](C)C4)c1. The molecule has 2 aromatic rings. The Hall–Kier alpha value is -1.72. The number of amides is 1. The predicted molar refractivity (Wildman–Crippen MR) is 106 cm³/mol. The van der Waals surface area contributed by atoms with Gasteiger partial charge in [0.25, 0.3) is 5.91 Å². The summed E-state index contributed by atoms with van der Waals surface area (Å²) in [5, 5.41) is 2.98. The Morgan fingerprint density at radius 1 is 1.32 bits per heavy atom. The minimum absolute atomic E-state index is 0.0383. The van der Waals surface area contributed by atoms with Crippen LogP contribution in [-0.2, 0) is 23.4 Å². The van der Waals surface area contributed by atoms with Crippen molar-refractivity contribution in [2.75, 3.05) is 12.4 Å². The van der Waals surface area contributed by atoms with Crippen LogP contribution in [-0.4, -0.2) is 13.0 Å². The Morgan fingerprint density at radius 3 is 3.04 bits per heavy atom. The summed E-state index contributed by atoms with van der Waals surface area (Å²) >= 11 is 3.53. The van der Waals surface area contributed by atoms with E-state index in [1.165, 1.54) is 34.6 Å². The van der Waals surface area contributed by atoms with Gasteiger partial charge < -0.3 is 10.1 Å². The van der Waals surface area contributed by atoms with Crippen LogP contribution in [0.3, 0.4) is 0 Å². The van der Waals surface area contributed by atoms with Gasteiger partial charge >= 0.3 is 0 Å². The molecule has 1 amide bonds. The van der Waals surface area contributed by atoms with Gasteiger partial charge in [0.05, 0.1) is 12.0 Å². The number of hydrogen-bond acceptors (Lipinski definition) is 4. The lowest BCUT2D eigenvalue weighted by atomic mass is 9.88. The van der Waals surface area contributed by atoms with Gasteiger partial charge in [0.1, 0.15) is 5.75 Å². The fourth-order valence-corrected chi connectivity index (χ4v) is 6.10. The topological polar surface area (TPSA) is 38.3 Å². The second-order valence-corrected chi connectivity index (χ2v) is 8.83. The number of rotatable bonds is 3. The van der Waals surface area contributed by atoms with Crippen molar-refractivity contribution >= 4 is 40.8 Å². The number of benzene rings is 1. The lowest BCUT2D eigenvalue weighted by molar-refractivity contribution is -0.112. The largest absolute Gasteiger partial charge is 0.497 e. The van der Waals surface area contributed by atoms with Crippen LogP contribution in [0.2, 0.25) is 0 Å². The Kier molecular flexibility index (Phi) is 4.61. The van der Waals surface area contributed by atoms with Gasteiger partial charge in [-0.1, -0.05) is 13.0 Å². The number of hydrogen-bond donors (Lipinski definition) is 1. The highest BCUT2D eigenvalue weighted by Crippen LogP contribution is 2.43. The quantitative estimate of drug-likeness (QED) is 0.815. The van der Waals surface area contributed by atoms with Gasteiger partial charge in [0.15, 0.2) is 0 Å². The third-order valence-electron chi connectivity index (χ3n) is 4.84. The number of fused-ring (bicyclic) bond motifs is 3. The average molecular weight is 372 g/mol. The monoisotopic (exact) mass is 371 g/mol. The number of ether oxygens (including phenoxy) is 1. The molecule has 1 N–H and O–H groups in total. The van der Waals surface area contributed by atoms with Crippen LogP contribution in [0.5, 0.6) is 5.75 Å². The minimum Gasteiger partial charge on any atom is -0.497 e. The molecule has 0 bridgehead atoms. The molecule has 0 unspecified atom stereocenters. The Morgan fingerprint density at radius 2 is 2.20 bits per heavy atom. The third kappa shape index (κ3) is 3.35. The van der Waals surface area contributed by atoms with E-state index in [2.05, 4.69) is 18.3 Å². The van der Waals surface area contributed by atoms with Gasteiger partial charge in [-0.2, -0.15) is 0 Å². The molecule has 1 aliphatic carbocycles. The Bertz CT molecular complexity index is 853. The summed E-state index contributed by atoms with van der Waals surface area (Å²) in [6.45, 7) is 2.33. The number of nitrogens with one attached hydrogen (secondary N) is 1. The summed E-state index contributed by atoms with van der Waals surface area (Å²) in [6.07, 6.45) is 5.75. The van der Waals surface area contributed by atoms with Crippen molar-refractivity contribution in [3.05, 3.63) is 50.1 Å². The molecule has 1 aromatic heterocycles. The van der Waals surface area contributed by atoms with Gasteiger partial charge in [-0.3, -0.25) is 4.79 Å². The van der Waals surface area contributed by atoms with Gasteiger partial charge in [0.2, 0.25) is 0 Å². The first-order chi connectivity index (χ1) is 12.1. The minimum atomic E-state index is -0.0383. The standard InChI is InChI=1S/C20H21NO2S2/c1-12-6-7-15-16-11-24-19(10-18(16)25-17(15)8-12)20(22)21-13-4-3-5-14(9-13)23-2/h3-5,9-10,12H,6-8,11H2,1-2H3,(H,21,22)/t12-/m1/s1. The highest BCUT2D eigenvalue weighted by atomic mass is 32.2. The molecule has 1 aliphatic heterocycles. The van der Waals surface area contributed by atoms with Crippen molar-refractivity contribution < 1.29 is 9.53 Å². The van der Waals surface area contributed by atoms with Crippen LogP contribution in [0, 0.1) is 5.92 Å². The maximum atomic E-state index is 12.6. The lowest BCUT2D eigenvalue weighted by Crippen LogP contribution is -2.14. The molecular formula is C20H21NO2S2. The van der Waals surface area contributed by atoms with E-state index in [1.807, 2.05) is 35.6 Å². The van der Waals surface area contributed by atoms with E-state index in [9.17, 15) is 4.79 Å². The first-order valence-electron chi connectivity index (χ1n) is 8.57. The molecular weight excluding hydrogens is 350 g/mol. The highest BCUT2D eigenvalue weighted by Gasteiger charge is 2.26. The molecule has 1 atom stereocenters. The fraction of sp³-hybridized carbons (Fsp3) is 0.350. The fourth-order valence-electron chi connectivity index (χ4n) is 3.45. The molecule has 130 valence electrons. The van der Waals surface area contributed by atoms with Gasteiger partial charge in [0, 0.05) is 27.3 Å². The second-order valence-electron chi connectivity index (χ2n) is 6.68. The van der Waals surface area contributed by atoms with Crippen LogP contribution < -0.4 is 10.1 Å². The maximum Gasteiger partial charge on any atom is 0.262 e. The van der Waals surface area contributed by atoms with E-state index in [-0.39, 0.29) is 5.91 Å². The zero-order valence-electron chi connectivity index (χ0n) is 14.4. The van der Waals surface area contributed by atoms with Crippen molar-refractivity contribution in [2.24, 2.45) is 5.92 Å². The molecule has 25 heavy (non-hydrogen) atoms. The first-order valence-corrected chi connectivity index (χ1v) is 10.4. The molecule has 0 saturated carbocycles. The van der Waals surface area contributed by atoms with Crippen LogP contribution in [0.15, 0.2) is 29.2 Å². The molecule has 2 heterocycles. The molecule has 4 rings (SSSR count). The van der Waals surface area contributed by atoms with Crippen LogP contribution in [0.4, 0.5) is 5.69 Å². The number of carbonyl (C=O) groups excluding carboxylic acids is 1. The maximum absolute atomic E-state index is 12.6. The number of anilines is 1. The summed E-state index contributed by atoms with van der Waals surface area (Å²) in [4.78, 5) is 16.3. The van der Waals surface area contributed by atoms with E-state index < -0.39 is 0 Å². The van der Waals surface area contributed by atoms with Crippen molar-refractivity contribution in [1.82, 2.24) is 0 Å². The van der Waals surface area contributed by atoms with Crippen molar-refractivity contribution in [2.45, 2.75) is 31.9 Å². The average Bonchev–Trinajstić information content (AvgIpc) is 2.98. The van der Waals surface area contributed by atoms with Crippen LogP contribution in [0.25, 0.3) is 6.08 Å². The highest BCUT2D eigenvalue weighted by molar-refractivity contribution is 8.03. The Balaban J connectivity index is 1.55. The van der Waals surface area contributed by atoms with E-state index >= 15 is 0 Å². The first kappa shape index (κ1) is 16.7. The van der Waals surface area contributed by atoms with Crippen LogP contribution in [0.1, 0.15) is 34.2 Å². The van der Waals surface area contributed by atoms with E-state index in [4.69, 9.17) is 4.74 Å². The lowest BCUT2D eigenvalue weighted by Gasteiger charge is -2.20. The molecule has 2 aliphatic rings. The van der Waals surface area contributed by atoms with E-state index in [0.29, 0.717) is 0 Å². The smallest absolute Gasteiger partial charge is 0.262 e. The molecule has 1 aromatic carbocycles. The number of thiophene rings is 1. The predicted octanol–water partition coefficient (Wildman–Crippen LogP) is 5.11. The number of thioether (sulfide) groups is 1. The number of methoxy groups -OCH3 is 1. The van der Waals surface area contributed by atoms with Crippen molar-refractivity contribution in [3.8, 4) is 5.75 Å². The normalized spacial score (nSPS) is 18.8. The summed E-state index contributed by atoms with van der Waals surface area (Å²) in [5.41, 5.74) is 3.79. The van der Waals surface area contributed by atoms with Crippen LogP contribution >= 0.6 is 23.1 Å². The summed E-state index contributed by atoms with van der Waals surface area (Å²) in [6, 6.07) is 7.46. The second kappa shape index (κ2) is 6.89. The molecule has 0 fully saturated rings. The summed E-state index contributed by atoms with van der Waals surface area (Å²) in [5.74, 6) is 2.39. The number of carbonyl (C=O) groups is 1. The van der Waals surface area contributed by atoms with Gasteiger partial charge in [-0.05, 0) is 54.5 Å². The summed E-state index contributed by atoms with van der Waals surface area (Å²) < 4.78 is 5.21. The third-order valence-corrected chi connectivity index (χ3v) is 7.13. The van der Waals surface area contributed by atoms with Crippen molar-refractivity contribution in [1.29, 1.82) is 0 Å². The van der Waals surface area contributed by atoms with Crippen molar-refractivity contribution in [3.63, 3.8) is 0 Å². The molecule has 0 radical (unpaired) electrons. The zero-order valence-corrected chi connectivity index (χ0v) is 16.1. The Labute approximate surface area is 156 Å². The van der Waals surface area contributed by atoms with Gasteiger partial charge in [-0.15, -0.1) is 23.1 Å². The van der Waals surface area contributed by atoms with E-state index in [0.717, 1.165) is 28.0 Å². The van der Waals surface area contributed by atoms with E-state index in [1.54, 1.807) is 24.4 Å². The molecule has 0 saturated heterocycles. The molecule has 3 nitrogen and oxygen atoms in total. The summed E-state index contributed by atoms with van der Waals surface area (Å²) in [7, 11) is 1.63.